The van der Waals surface area contributed by atoms with Gasteiger partial charge in [-0.2, -0.15) is 8.42 Å². The Hall–Kier alpha value is -1.34. The number of halogens is 2. The van der Waals surface area contributed by atoms with E-state index in [1.807, 2.05) is 6.92 Å². The van der Waals surface area contributed by atoms with Crippen molar-refractivity contribution in [1.82, 2.24) is 0 Å². The number of aliphatic imine (C=N–C) groups is 1. The van der Waals surface area contributed by atoms with Crippen LogP contribution in [-0.4, -0.2) is 24.4 Å². The smallest absolute Gasteiger partial charge is 0.264 e. The molecule has 1 N–H and O–H groups in total. The second-order valence-corrected chi connectivity index (χ2v) is 7.13. The molecule has 1 aliphatic rings. The molecule has 0 amide bonds. The van der Waals surface area contributed by atoms with Gasteiger partial charge in [0.2, 0.25) is 0 Å². The lowest BCUT2D eigenvalue weighted by Gasteiger charge is -2.26. The Bertz CT molecular complexity index is 700. The van der Waals surface area contributed by atoms with Gasteiger partial charge in [0.05, 0.1) is 11.4 Å². The molecule has 1 aromatic rings. The zero-order chi connectivity index (χ0) is 15.8. The SMILES string of the molecule is CC1=Nc2cc(F)cc(F)c2C1(C)CCCCS(=O)(=O)O. The van der Waals surface area contributed by atoms with Crippen LogP contribution < -0.4 is 0 Å². The molecule has 1 atom stereocenters. The van der Waals surface area contributed by atoms with Crippen LogP contribution in [0.2, 0.25) is 0 Å². The summed E-state index contributed by atoms with van der Waals surface area (Å²) in [7, 11) is -3.98. The summed E-state index contributed by atoms with van der Waals surface area (Å²) in [4.78, 5) is 4.22. The molecule has 2 rings (SSSR count). The van der Waals surface area contributed by atoms with Crippen LogP contribution in [0.1, 0.15) is 38.7 Å². The molecule has 116 valence electrons. The van der Waals surface area contributed by atoms with Crippen molar-refractivity contribution in [3.05, 3.63) is 29.3 Å². The number of hydrogen-bond donors (Lipinski definition) is 1. The van der Waals surface area contributed by atoms with Gasteiger partial charge in [-0.3, -0.25) is 9.55 Å². The van der Waals surface area contributed by atoms with Crippen molar-refractivity contribution in [2.45, 2.75) is 38.5 Å². The van der Waals surface area contributed by atoms with Crippen molar-refractivity contribution in [2.24, 2.45) is 4.99 Å². The van der Waals surface area contributed by atoms with E-state index in [9.17, 15) is 17.2 Å². The van der Waals surface area contributed by atoms with Crippen LogP contribution in [0.15, 0.2) is 17.1 Å². The van der Waals surface area contributed by atoms with Gasteiger partial charge >= 0.3 is 0 Å². The fraction of sp³-hybridized carbons (Fsp3) is 0.500. The zero-order valence-corrected chi connectivity index (χ0v) is 12.7. The van der Waals surface area contributed by atoms with E-state index in [2.05, 4.69) is 4.99 Å². The van der Waals surface area contributed by atoms with Crippen molar-refractivity contribution < 1.29 is 21.8 Å². The van der Waals surface area contributed by atoms with Crippen molar-refractivity contribution in [1.29, 1.82) is 0 Å². The second kappa shape index (κ2) is 5.46. The monoisotopic (exact) mass is 317 g/mol. The van der Waals surface area contributed by atoms with Crippen LogP contribution in [0.3, 0.4) is 0 Å². The highest BCUT2D eigenvalue weighted by atomic mass is 32.2. The van der Waals surface area contributed by atoms with Crippen LogP contribution in [0.5, 0.6) is 0 Å². The minimum absolute atomic E-state index is 0.278. The number of hydrogen-bond acceptors (Lipinski definition) is 3. The lowest BCUT2D eigenvalue weighted by molar-refractivity contribution is 0.471. The Morgan fingerprint density at radius 3 is 2.57 bits per heavy atom. The lowest BCUT2D eigenvalue weighted by atomic mass is 9.76. The molecular weight excluding hydrogens is 300 g/mol. The van der Waals surface area contributed by atoms with Crippen LogP contribution in [0.4, 0.5) is 14.5 Å². The van der Waals surface area contributed by atoms with Crippen molar-refractivity contribution >= 4 is 21.5 Å². The first kappa shape index (κ1) is 16.0. The first-order chi connectivity index (χ1) is 9.63. The van der Waals surface area contributed by atoms with Gasteiger partial charge in [-0.25, -0.2) is 8.78 Å². The van der Waals surface area contributed by atoms with Gasteiger partial charge in [0.1, 0.15) is 11.6 Å². The minimum Gasteiger partial charge on any atom is -0.286 e. The molecule has 0 saturated heterocycles. The fourth-order valence-electron chi connectivity index (χ4n) is 2.75. The lowest BCUT2D eigenvalue weighted by Crippen LogP contribution is -2.28. The van der Waals surface area contributed by atoms with E-state index >= 15 is 0 Å². The Kier molecular flexibility index (Phi) is 4.17. The molecule has 1 unspecified atom stereocenters. The molecule has 0 bridgehead atoms. The third-order valence-electron chi connectivity index (χ3n) is 4.00. The molecule has 1 aromatic carbocycles. The summed E-state index contributed by atoms with van der Waals surface area (Å²) >= 11 is 0. The van der Waals surface area contributed by atoms with Gasteiger partial charge in [-0.1, -0.05) is 13.3 Å². The second-order valence-electron chi connectivity index (χ2n) is 5.55. The van der Waals surface area contributed by atoms with Crippen molar-refractivity contribution in [2.75, 3.05) is 5.75 Å². The summed E-state index contributed by atoms with van der Waals surface area (Å²) in [5.41, 5.74) is 0.649. The molecule has 0 saturated carbocycles. The predicted molar refractivity (Wildman–Crippen MR) is 76.7 cm³/mol. The maximum Gasteiger partial charge on any atom is 0.264 e. The van der Waals surface area contributed by atoms with Gasteiger partial charge in [-0.15, -0.1) is 0 Å². The molecule has 7 heteroatoms. The highest BCUT2D eigenvalue weighted by Crippen LogP contribution is 2.45. The highest BCUT2D eigenvalue weighted by Gasteiger charge is 2.39. The summed E-state index contributed by atoms with van der Waals surface area (Å²) in [6.45, 7) is 3.56. The van der Waals surface area contributed by atoms with E-state index in [1.165, 1.54) is 6.07 Å². The first-order valence-corrected chi connectivity index (χ1v) is 8.25. The summed E-state index contributed by atoms with van der Waals surface area (Å²) in [5.74, 6) is -1.63. The van der Waals surface area contributed by atoms with Crippen molar-refractivity contribution in [3.63, 3.8) is 0 Å². The Labute approximate surface area is 122 Å². The normalized spacial score (nSPS) is 21.3. The average molecular weight is 317 g/mol. The maximum absolute atomic E-state index is 14.1. The van der Waals surface area contributed by atoms with Crippen LogP contribution >= 0.6 is 0 Å². The third kappa shape index (κ3) is 3.29. The molecule has 1 heterocycles. The largest absolute Gasteiger partial charge is 0.286 e. The molecule has 4 nitrogen and oxygen atoms in total. The molecule has 0 aromatic heterocycles. The van der Waals surface area contributed by atoms with Crippen LogP contribution in [0, 0.1) is 11.6 Å². The summed E-state index contributed by atoms with van der Waals surface area (Å²) in [6, 6.07) is 2.04. The number of unbranched alkanes of at least 4 members (excludes halogenated alkanes) is 1. The van der Waals surface area contributed by atoms with Gasteiger partial charge in [-0.05, 0) is 25.8 Å². The number of fused-ring (bicyclic) bond motifs is 1. The standard InChI is InChI=1S/C14H17F2NO3S/c1-9-14(2,5-3-4-6-21(18,19)20)13-11(16)7-10(15)8-12(13)17-9/h7-8H,3-6H2,1-2H3,(H,18,19,20). The number of benzene rings is 1. The topological polar surface area (TPSA) is 66.7 Å². The Morgan fingerprint density at radius 1 is 1.29 bits per heavy atom. The maximum atomic E-state index is 14.1. The van der Waals surface area contributed by atoms with E-state index in [0.29, 0.717) is 29.8 Å². The average Bonchev–Trinajstić information content (AvgIpc) is 2.56. The van der Waals surface area contributed by atoms with Crippen molar-refractivity contribution in [3.8, 4) is 0 Å². The molecular formula is C14H17F2NO3S. The van der Waals surface area contributed by atoms with E-state index in [-0.39, 0.29) is 12.2 Å². The predicted octanol–water partition coefficient (Wildman–Crippen LogP) is 3.39. The van der Waals surface area contributed by atoms with Gasteiger partial charge in [0.25, 0.3) is 10.1 Å². The molecule has 0 aliphatic carbocycles. The third-order valence-corrected chi connectivity index (χ3v) is 4.81. The quantitative estimate of drug-likeness (QED) is 0.668. The summed E-state index contributed by atoms with van der Waals surface area (Å²) in [6.07, 6.45) is 1.24. The van der Waals surface area contributed by atoms with Gasteiger partial charge in [0, 0.05) is 22.8 Å². The molecule has 0 fully saturated rings. The highest BCUT2D eigenvalue weighted by molar-refractivity contribution is 7.85. The molecule has 0 spiro atoms. The Balaban J connectivity index is 2.19. The number of rotatable bonds is 5. The van der Waals surface area contributed by atoms with E-state index in [4.69, 9.17) is 4.55 Å². The zero-order valence-electron chi connectivity index (χ0n) is 11.9. The molecule has 0 radical (unpaired) electrons. The van der Waals surface area contributed by atoms with Gasteiger partial charge < -0.3 is 0 Å². The van der Waals surface area contributed by atoms with E-state index in [1.54, 1.807) is 6.92 Å². The fourth-order valence-corrected chi connectivity index (χ4v) is 3.32. The molecule has 1 aliphatic heterocycles. The first-order valence-electron chi connectivity index (χ1n) is 6.64. The minimum atomic E-state index is -3.98. The summed E-state index contributed by atoms with van der Waals surface area (Å²) < 4.78 is 57.4. The van der Waals surface area contributed by atoms with Gasteiger partial charge in [0.15, 0.2) is 0 Å². The van der Waals surface area contributed by atoms with Crippen LogP contribution in [-0.2, 0) is 15.5 Å². The van der Waals surface area contributed by atoms with E-state index < -0.39 is 27.2 Å². The van der Waals surface area contributed by atoms with Crippen LogP contribution in [0.25, 0.3) is 0 Å². The summed E-state index contributed by atoms with van der Waals surface area (Å²) in [5, 5.41) is 0. The number of nitrogens with zero attached hydrogens (tertiary/aromatic N) is 1. The molecule has 21 heavy (non-hydrogen) atoms. The Morgan fingerprint density at radius 2 is 1.95 bits per heavy atom. The van der Waals surface area contributed by atoms with E-state index in [0.717, 1.165) is 6.07 Å².